The number of aryl methyl sites for hydroxylation is 3. The van der Waals surface area contributed by atoms with E-state index in [2.05, 4.69) is 61.9 Å². The lowest BCUT2D eigenvalue weighted by Gasteiger charge is -2.38. The molecule has 5 rings (SSSR count). The van der Waals surface area contributed by atoms with Crippen LogP contribution in [0.3, 0.4) is 0 Å². The number of rotatable bonds is 3. The van der Waals surface area contributed by atoms with Crippen LogP contribution in [0.1, 0.15) is 66.0 Å². The quantitative estimate of drug-likeness (QED) is 0.489. The number of pyridine rings is 1. The van der Waals surface area contributed by atoms with E-state index in [1.54, 1.807) is 4.90 Å². The molecule has 2 N–H and O–H groups in total. The first-order chi connectivity index (χ1) is 17.3. The number of nitrogens with two attached hydrogens (primary N) is 1. The second-order valence-electron chi connectivity index (χ2n) is 10.7. The number of amides is 3. The Hall–Kier alpha value is -1.93. The lowest BCUT2D eigenvalue weighted by atomic mass is 9.76. The van der Waals surface area contributed by atoms with Crippen LogP contribution in [0.4, 0.5) is 4.79 Å². The van der Waals surface area contributed by atoms with Gasteiger partial charge in [0.1, 0.15) is 0 Å². The van der Waals surface area contributed by atoms with E-state index < -0.39 is 0 Å². The number of nitrogens with zero attached hydrogens (tertiary/aromatic N) is 3. The molecule has 1 aliphatic carbocycles. The Labute approximate surface area is 230 Å². The molecule has 2 fully saturated rings. The van der Waals surface area contributed by atoms with Crippen LogP contribution >= 0.6 is 31.9 Å². The predicted octanol–water partition coefficient (Wildman–Crippen LogP) is 5.56. The number of benzene rings is 1. The fourth-order valence-electron chi connectivity index (χ4n) is 6.43. The smallest absolute Gasteiger partial charge is 0.314 e. The summed E-state index contributed by atoms with van der Waals surface area (Å²) in [7, 11) is 0. The van der Waals surface area contributed by atoms with Crippen LogP contribution in [-0.2, 0) is 17.6 Å². The average molecular weight is 618 g/mol. The molecule has 3 heterocycles. The summed E-state index contributed by atoms with van der Waals surface area (Å²) in [5, 5.41) is 0. The Bertz CT molecular complexity index is 1150. The number of primary amides is 1. The molecular formula is C28H34Br2N4O2. The molecule has 0 bridgehead atoms. The summed E-state index contributed by atoms with van der Waals surface area (Å²) < 4.78 is 2.21. The van der Waals surface area contributed by atoms with Crippen molar-refractivity contribution in [1.29, 1.82) is 0 Å². The molecule has 0 radical (unpaired) electrons. The Morgan fingerprint density at radius 3 is 2.33 bits per heavy atom. The van der Waals surface area contributed by atoms with Crippen LogP contribution in [0.25, 0.3) is 0 Å². The topological polar surface area (TPSA) is 79.5 Å². The molecule has 2 saturated heterocycles. The summed E-state index contributed by atoms with van der Waals surface area (Å²) in [6.07, 6.45) is 8.19. The van der Waals surface area contributed by atoms with Gasteiger partial charge in [0.25, 0.3) is 0 Å². The van der Waals surface area contributed by atoms with Crippen molar-refractivity contribution in [3.05, 3.63) is 61.3 Å². The van der Waals surface area contributed by atoms with Gasteiger partial charge in [0.05, 0.1) is 5.69 Å². The van der Waals surface area contributed by atoms with E-state index in [4.69, 9.17) is 10.7 Å². The van der Waals surface area contributed by atoms with Gasteiger partial charge in [-0.05, 0) is 108 Å². The standard InChI is InChI=1S/C28H34Br2N4O2/c1-17-12-20-2-3-21-15-22(29)16-32-27(21)26(25(20)23(30)13-17)19-6-10-33(11-7-19)24(35)14-18-4-8-34(9-5-18)28(31)36/h12-13,15-16,18-19,26H,2-11,14H2,1H3,(H2,31,36)/t26-/m1/s1. The minimum atomic E-state index is -0.354. The van der Waals surface area contributed by atoms with Crippen LogP contribution in [0, 0.1) is 18.8 Å². The molecule has 2 aromatic rings. The maximum absolute atomic E-state index is 13.1. The van der Waals surface area contributed by atoms with Crippen molar-refractivity contribution in [1.82, 2.24) is 14.8 Å². The summed E-state index contributed by atoms with van der Waals surface area (Å²) in [4.78, 5) is 33.2. The summed E-state index contributed by atoms with van der Waals surface area (Å²) >= 11 is 7.54. The van der Waals surface area contributed by atoms with Crippen molar-refractivity contribution >= 4 is 43.8 Å². The van der Waals surface area contributed by atoms with Gasteiger partial charge in [-0.1, -0.05) is 22.0 Å². The molecule has 0 saturated carbocycles. The van der Waals surface area contributed by atoms with Crippen molar-refractivity contribution in [3.63, 3.8) is 0 Å². The molecule has 6 nitrogen and oxygen atoms in total. The number of carbonyl (C=O) groups excluding carboxylic acids is 2. The highest BCUT2D eigenvalue weighted by atomic mass is 79.9. The highest BCUT2D eigenvalue weighted by molar-refractivity contribution is 9.10. The third-order valence-corrected chi connectivity index (χ3v) is 9.44. The molecule has 192 valence electrons. The van der Waals surface area contributed by atoms with Gasteiger partial charge < -0.3 is 15.5 Å². The maximum atomic E-state index is 13.1. The molecule has 36 heavy (non-hydrogen) atoms. The number of urea groups is 1. The zero-order valence-electron chi connectivity index (χ0n) is 20.8. The van der Waals surface area contributed by atoms with Gasteiger partial charge in [-0.15, -0.1) is 0 Å². The Morgan fingerprint density at radius 1 is 0.972 bits per heavy atom. The first-order valence-corrected chi connectivity index (χ1v) is 14.6. The van der Waals surface area contributed by atoms with E-state index >= 15 is 0 Å². The van der Waals surface area contributed by atoms with E-state index in [0.717, 1.165) is 56.1 Å². The number of aromatic nitrogens is 1. The lowest BCUT2D eigenvalue weighted by Crippen LogP contribution is -2.44. The molecule has 1 atom stereocenters. The third kappa shape index (κ3) is 5.35. The van der Waals surface area contributed by atoms with Gasteiger partial charge in [0.15, 0.2) is 0 Å². The Morgan fingerprint density at radius 2 is 1.64 bits per heavy atom. The predicted molar refractivity (Wildman–Crippen MR) is 148 cm³/mol. The van der Waals surface area contributed by atoms with Crippen molar-refractivity contribution in [2.24, 2.45) is 17.6 Å². The largest absolute Gasteiger partial charge is 0.351 e. The van der Waals surface area contributed by atoms with E-state index in [1.165, 1.54) is 32.4 Å². The molecule has 8 heteroatoms. The number of carbonyl (C=O) groups is 2. The van der Waals surface area contributed by atoms with Crippen LogP contribution in [0.5, 0.6) is 0 Å². The van der Waals surface area contributed by atoms with Crippen molar-refractivity contribution in [2.45, 2.75) is 57.8 Å². The zero-order chi connectivity index (χ0) is 25.4. The molecule has 3 amide bonds. The number of fused-ring (bicyclic) bond motifs is 2. The summed E-state index contributed by atoms with van der Waals surface area (Å²) in [5.41, 5.74) is 12.0. The van der Waals surface area contributed by atoms with E-state index in [-0.39, 0.29) is 17.9 Å². The third-order valence-electron chi connectivity index (χ3n) is 8.35. The second-order valence-corrected chi connectivity index (χ2v) is 12.5. The Balaban J connectivity index is 1.31. The van der Waals surface area contributed by atoms with Crippen molar-refractivity contribution in [2.75, 3.05) is 26.2 Å². The number of likely N-dealkylation sites (tertiary alicyclic amines) is 2. The lowest BCUT2D eigenvalue weighted by molar-refractivity contribution is -0.134. The molecule has 0 unspecified atom stereocenters. The molecule has 1 aromatic carbocycles. The van der Waals surface area contributed by atoms with Crippen LogP contribution in [-0.4, -0.2) is 52.9 Å². The number of halogens is 2. The van der Waals surface area contributed by atoms with Gasteiger partial charge in [0.2, 0.25) is 5.91 Å². The normalized spacial score (nSPS) is 21.0. The monoisotopic (exact) mass is 616 g/mol. The fourth-order valence-corrected chi connectivity index (χ4v) is 7.67. The summed E-state index contributed by atoms with van der Waals surface area (Å²) in [6, 6.07) is 6.46. The molecule has 0 spiro atoms. The SMILES string of the molecule is Cc1cc(Br)c2c(c1)CCc1cc(Br)cnc1[C@@H]2C1CCN(C(=O)CC2CCN(C(N)=O)CC2)CC1. The summed E-state index contributed by atoms with van der Waals surface area (Å²) in [5.74, 6) is 1.27. The number of piperidine rings is 2. The zero-order valence-corrected chi connectivity index (χ0v) is 24.0. The average Bonchev–Trinajstić information content (AvgIpc) is 3.01. The van der Waals surface area contributed by atoms with E-state index in [9.17, 15) is 9.59 Å². The molecular weight excluding hydrogens is 584 g/mol. The van der Waals surface area contributed by atoms with Gasteiger partial charge in [0, 0.05) is 53.7 Å². The second kappa shape index (κ2) is 10.8. The molecule has 3 aliphatic rings. The van der Waals surface area contributed by atoms with E-state index in [0.29, 0.717) is 31.3 Å². The fraction of sp³-hybridized carbons (Fsp3) is 0.536. The minimum absolute atomic E-state index is 0.232. The van der Waals surface area contributed by atoms with E-state index in [1.807, 2.05) is 6.20 Å². The van der Waals surface area contributed by atoms with Gasteiger partial charge in [-0.2, -0.15) is 0 Å². The first kappa shape index (κ1) is 25.7. The van der Waals surface area contributed by atoms with Gasteiger partial charge >= 0.3 is 6.03 Å². The van der Waals surface area contributed by atoms with Crippen LogP contribution in [0.2, 0.25) is 0 Å². The van der Waals surface area contributed by atoms with Gasteiger partial charge in [-0.25, -0.2) is 4.79 Å². The number of hydrogen-bond acceptors (Lipinski definition) is 3. The maximum Gasteiger partial charge on any atom is 0.314 e. The molecule has 1 aromatic heterocycles. The van der Waals surface area contributed by atoms with Gasteiger partial charge in [-0.3, -0.25) is 9.78 Å². The van der Waals surface area contributed by atoms with Crippen LogP contribution < -0.4 is 5.73 Å². The minimum Gasteiger partial charge on any atom is -0.351 e. The highest BCUT2D eigenvalue weighted by Crippen LogP contribution is 2.45. The number of hydrogen-bond donors (Lipinski definition) is 1. The molecule has 2 aliphatic heterocycles. The first-order valence-electron chi connectivity index (χ1n) is 13.1. The van der Waals surface area contributed by atoms with Crippen molar-refractivity contribution < 1.29 is 9.59 Å². The van der Waals surface area contributed by atoms with Crippen LogP contribution in [0.15, 0.2) is 33.3 Å². The van der Waals surface area contributed by atoms with Crippen molar-refractivity contribution in [3.8, 4) is 0 Å². The highest BCUT2D eigenvalue weighted by Gasteiger charge is 2.36. The Kier molecular flexibility index (Phi) is 7.73. The summed E-state index contributed by atoms with van der Waals surface area (Å²) in [6.45, 7) is 5.07.